The summed E-state index contributed by atoms with van der Waals surface area (Å²) < 4.78 is 1.07. The Morgan fingerprint density at radius 2 is 1.95 bits per heavy atom. The van der Waals surface area contributed by atoms with Crippen molar-refractivity contribution in [1.82, 2.24) is 5.32 Å². The highest BCUT2D eigenvalue weighted by Crippen LogP contribution is 2.45. The maximum absolute atomic E-state index is 11.1. The molecule has 0 heterocycles. The zero-order valence-electron chi connectivity index (χ0n) is 11.4. The highest BCUT2D eigenvalue weighted by Gasteiger charge is 2.49. The monoisotopic (exact) mass is 325 g/mol. The molecule has 0 aromatic heterocycles. The molecular formula is C15H20BrNO2. The lowest BCUT2D eigenvalue weighted by atomic mass is 9.84. The van der Waals surface area contributed by atoms with Gasteiger partial charge in [0.2, 0.25) is 0 Å². The Kier molecular flexibility index (Phi) is 4.02. The molecular weight excluding hydrogens is 306 g/mol. The van der Waals surface area contributed by atoms with Crippen LogP contribution in [-0.4, -0.2) is 24.2 Å². The van der Waals surface area contributed by atoms with Gasteiger partial charge in [-0.3, -0.25) is 4.79 Å². The average Bonchev–Trinajstić information content (AvgIpc) is 3.10. The van der Waals surface area contributed by atoms with Gasteiger partial charge in [-0.25, -0.2) is 0 Å². The summed E-state index contributed by atoms with van der Waals surface area (Å²) in [6, 6.07) is 8.29. The molecule has 0 spiro atoms. The van der Waals surface area contributed by atoms with E-state index in [-0.39, 0.29) is 5.41 Å². The Balaban J connectivity index is 1.91. The summed E-state index contributed by atoms with van der Waals surface area (Å²) in [7, 11) is 0. The zero-order chi connectivity index (χ0) is 14.1. The summed E-state index contributed by atoms with van der Waals surface area (Å²) in [6.45, 7) is 5.69. The van der Waals surface area contributed by atoms with Crippen LogP contribution in [0.5, 0.6) is 0 Å². The minimum absolute atomic E-state index is 0.00468. The van der Waals surface area contributed by atoms with Gasteiger partial charge in [-0.2, -0.15) is 0 Å². The lowest BCUT2D eigenvalue weighted by Crippen LogP contribution is -2.38. The highest BCUT2D eigenvalue weighted by molar-refractivity contribution is 9.10. The normalized spacial score (nSPS) is 17.2. The average molecular weight is 326 g/mol. The molecule has 2 N–H and O–H groups in total. The molecule has 0 unspecified atom stereocenters. The number of rotatable bonds is 6. The lowest BCUT2D eigenvalue weighted by Gasteiger charge is -2.26. The predicted molar refractivity (Wildman–Crippen MR) is 79.3 cm³/mol. The maximum atomic E-state index is 11.1. The van der Waals surface area contributed by atoms with Gasteiger partial charge < -0.3 is 10.4 Å². The van der Waals surface area contributed by atoms with E-state index in [4.69, 9.17) is 5.11 Å². The summed E-state index contributed by atoms with van der Waals surface area (Å²) in [5, 5.41) is 12.5. The summed E-state index contributed by atoms with van der Waals surface area (Å²) in [5.41, 5.74) is 0.758. The molecule has 19 heavy (non-hydrogen) atoms. The van der Waals surface area contributed by atoms with Crippen LogP contribution in [0.25, 0.3) is 0 Å². The molecule has 4 heteroatoms. The van der Waals surface area contributed by atoms with E-state index < -0.39 is 11.4 Å². The lowest BCUT2D eigenvalue weighted by molar-refractivity contribution is -0.143. The maximum Gasteiger partial charge on any atom is 0.310 e. The van der Waals surface area contributed by atoms with E-state index in [1.165, 1.54) is 5.56 Å². The minimum atomic E-state index is -0.665. The van der Waals surface area contributed by atoms with Gasteiger partial charge in [-0.05, 0) is 30.5 Å². The van der Waals surface area contributed by atoms with Crippen molar-refractivity contribution in [3.8, 4) is 0 Å². The first kappa shape index (κ1) is 14.5. The second-order valence-corrected chi connectivity index (χ2v) is 7.00. The topological polar surface area (TPSA) is 49.3 Å². The largest absolute Gasteiger partial charge is 0.481 e. The Morgan fingerprint density at radius 3 is 2.42 bits per heavy atom. The van der Waals surface area contributed by atoms with Crippen molar-refractivity contribution in [2.24, 2.45) is 5.41 Å². The first-order valence-corrected chi connectivity index (χ1v) is 7.35. The van der Waals surface area contributed by atoms with E-state index in [0.29, 0.717) is 6.54 Å². The summed E-state index contributed by atoms with van der Waals surface area (Å²) >= 11 is 3.43. The van der Waals surface area contributed by atoms with Crippen LogP contribution in [0.3, 0.4) is 0 Å². The molecule has 1 aliphatic rings. The van der Waals surface area contributed by atoms with Crippen LogP contribution < -0.4 is 5.32 Å². The number of hydrogen-bond donors (Lipinski definition) is 2. The number of carbonyl (C=O) groups is 1. The first-order valence-electron chi connectivity index (χ1n) is 6.56. The highest BCUT2D eigenvalue weighted by atomic mass is 79.9. The van der Waals surface area contributed by atoms with Crippen LogP contribution in [-0.2, 0) is 10.2 Å². The molecule has 1 aliphatic carbocycles. The quantitative estimate of drug-likeness (QED) is 0.844. The van der Waals surface area contributed by atoms with Crippen molar-refractivity contribution in [3.63, 3.8) is 0 Å². The smallest absolute Gasteiger partial charge is 0.310 e. The molecule has 1 saturated carbocycles. The van der Waals surface area contributed by atoms with Crippen LogP contribution in [0.1, 0.15) is 32.3 Å². The van der Waals surface area contributed by atoms with Crippen LogP contribution in [0, 0.1) is 5.41 Å². The van der Waals surface area contributed by atoms with E-state index >= 15 is 0 Å². The Morgan fingerprint density at radius 1 is 1.37 bits per heavy atom. The number of halogens is 1. The van der Waals surface area contributed by atoms with Gasteiger partial charge in [0.15, 0.2) is 0 Å². The summed E-state index contributed by atoms with van der Waals surface area (Å²) in [5.74, 6) is -0.665. The molecule has 0 bridgehead atoms. The van der Waals surface area contributed by atoms with Crippen molar-refractivity contribution < 1.29 is 9.90 Å². The fourth-order valence-corrected chi connectivity index (χ4v) is 2.50. The zero-order valence-corrected chi connectivity index (χ0v) is 13.0. The van der Waals surface area contributed by atoms with Crippen LogP contribution in [0.2, 0.25) is 0 Å². The van der Waals surface area contributed by atoms with Crippen LogP contribution in [0.15, 0.2) is 28.7 Å². The summed E-state index contributed by atoms with van der Waals surface area (Å²) in [6.07, 6.45) is 1.60. The molecule has 0 amide bonds. The number of nitrogens with one attached hydrogen (secondary N) is 1. The Labute approximate surface area is 122 Å². The van der Waals surface area contributed by atoms with Gasteiger partial charge in [0.1, 0.15) is 0 Å². The van der Waals surface area contributed by atoms with E-state index in [0.717, 1.165) is 23.9 Å². The molecule has 2 rings (SSSR count). The minimum Gasteiger partial charge on any atom is -0.481 e. The van der Waals surface area contributed by atoms with Crippen molar-refractivity contribution in [1.29, 1.82) is 0 Å². The van der Waals surface area contributed by atoms with Gasteiger partial charge in [0, 0.05) is 23.0 Å². The van der Waals surface area contributed by atoms with E-state index in [1.54, 1.807) is 0 Å². The third-order valence-corrected chi connectivity index (χ3v) is 4.49. The molecule has 0 atom stereocenters. The summed E-state index contributed by atoms with van der Waals surface area (Å²) in [4.78, 5) is 11.1. The Hall–Kier alpha value is -0.870. The van der Waals surface area contributed by atoms with Crippen LogP contribution in [0.4, 0.5) is 0 Å². The van der Waals surface area contributed by atoms with Gasteiger partial charge in [0.05, 0.1) is 5.41 Å². The third-order valence-electron chi connectivity index (χ3n) is 3.96. The fourth-order valence-electron chi connectivity index (χ4n) is 2.23. The molecule has 3 nitrogen and oxygen atoms in total. The first-order chi connectivity index (χ1) is 8.86. The van der Waals surface area contributed by atoms with Crippen molar-refractivity contribution >= 4 is 21.9 Å². The fraction of sp³-hybridized carbons (Fsp3) is 0.533. The molecule has 0 radical (unpaired) electrons. The second-order valence-electron chi connectivity index (χ2n) is 6.08. The van der Waals surface area contributed by atoms with Crippen molar-refractivity contribution in [2.75, 3.05) is 13.1 Å². The Bertz CT molecular complexity index is 464. The second kappa shape index (κ2) is 5.25. The molecule has 104 valence electrons. The van der Waals surface area contributed by atoms with Gasteiger partial charge >= 0.3 is 5.97 Å². The number of aliphatic carboxylic acids is 1. The SMILES string of the molecule is CC(C)(CNCC1(C(=O)O)CC1)c1ccc(Br)cc1. The van der Waals surface area contributed by atoms with Gasteiger partial charge in [0.25, 0.3) is 0 Å². The van der Waals surface area contributed by atoms with Crippen molar-refractivity contribution in [2.45, 2.75) is 32.1 Å². The number of hydrogen-bond acceptors (Lipinski definition) is 2. The van der Waals surface area contributed by atoms with Crippen LogP contribution >= 0.6 is 15.9 Å². The number of benzene rings is 1. The predicted octanol–water partition coefficient (Wildman–Crippen LogP) is 3.18. The van der Waals surface area contributed by atoms with E-state index in [9.17, 15) is 4.79 Å². The molecule has 0 aliphatic heterocycles. The van der Waals surface area contributed by atoms with E-state index in [1.807, 2.05) is 12.1 Å². The van der Waals surface area contributed by atoms with Crippen molar-refractivity contribution in [3.05, 3.63) is 34.3 Å². The van der Waals surface area contributed by atoms with E-state index in [2.05, 4.69) is 47.2 Å². The standard InChI is InChI=1S/C15H20BrNO2/c1-14(2,11-3-5-12(16)6-4-11)9-17-10-15(7-8-15)13(18)19/h3-6,17H,7-10H2,1-2H3,(H,18,19). The third kappa shape index (κ3) is 3.37. The molecule has 0 saturated heterocycles. The molecule has 1 fully saturated rings. The molecule has 1 aromatic rings. The molecule has 1 aromatic carbocycles. The van der Waals surface area contributed by atoms with Gasteiger partial charge in [-0.1, -0.05) is 41.9 Å². The van der Waals surface area contributed by atoms with Gasteiger partial charge in [-0.15, -0.1) is 0 Å². The number of carboxylic acid groups (broad SMARTS) is 1. The number of carboxylic acids is 1.